The lowest BCUT2D eigenvalue weighted by atomic mass is 10.0. The zero-order valence-corrected chi connectivity index (χ0v) is 11.8. The van der Waals surface area contributed by atoms with Crippen LogP contribution < -0.4 is 10.6 Å². The molecule has 2 rings (SSSR count). The van der Waals surface area contributed by atoms with Crippen molar-refractivity contribution >= 4 is 5.95 Å². The lowest BCUT2D eigenvalue weighted by Crippen LogP contribution is -2.48. The summed E-state index contributed by atoms with van der Waals surface area (Å²) in [5, 5.41) is 0. The van der Waals surface area contributed by atoms with Crippen LogP contribution in [0.1, 0.15) is 19.8 Å². The maximum absolute atomic E-state index is 5.56. The van der Waals surface area contributed by atoms with E-state index in [1.807, 2.05) is 18.5 Å². The van der Waals surface area contributed by atoms with Crippen LogP contribution in [0.3, 0.4) is 0 Å². The molecule has 1 fully saturated rings. The van der Waals surface area contributed by atoms with E-state index in [1.54, 1.807) is 0 Å². The average Bonchev–Trinajstić information content (AvgIpc) is 2.47. The third-order valence-corrected chi connectivity index (χ3v) is 3.68. The van der Waals surface area contributed by atoms with E-state index in [-0.39, 0.29) is 0 Å². The third-order valence-electron chi connectivity index (χ3n) is 3.68. The molecule has 106 valence electrons. The van der Waals surface area contributed by atoms with Crippen molar-refractivity contribution < 1.29 is 0 Å². The summed E-state index contributed by atoms with van der Waals surface area (Å²) < 4.78 is 0. The van der Waals surface area contributed by atoms with Crippen LogP contribution in [-0.2, 0) is 0 Å². The van der Waals surface area contributed by atoms with E-state index in [9.17, 15) is 0 Å². The fourth-order valence-corrected chi connectivity index (χ4v) is 2.58. The first kappa shape index (κ1) is 14.2. The summed E-state index contributed by atoms with van der Waals surface area (Å²) in [4.78, 5) is 13.4. The molecule has 0 radical (unpaired) electrons. The lowest BCUT2D eigenvalue weighted by molar-refractivity contribution is 0.218. The zero-order chi connectivity index (χ0) is 13.5. The fourth-order valence-electron chi connectivity index (χ4n) is 2.58. The van der Waals surface area contributed by atoms with Gasteiger partial charge in [-0.2, -0.15) is 0 Å². The van der Waals surface area contributed by atoms with Crippen molar-refractivity contribution in [3.8, 4) is 0 Å². The van der Waals surface area contributed by atoms with Gasteiger partial charge in [0.05, 0.1) is 0 Å². The molecule has 5 nitrogen and oxygen atoms in total. The minimum Gasteiger partial charge on any atom is -0.338 e. The van der Waals surface area contributed by atoms with Crippen LogP contribution in [0.4, 0.5) is 5.95 Å². The first-order chi connectivity index (χ1) is 9.29. The highest BCUT2D eigenvalue weighted by atomic mass is 15.3. The topological polar surface area (TPSA) is 58.3 Å². The predicted octanol–water partition coefficient (Wildman–Crippen LogP) is 0.974. The Hall–Kier alpha value is -1.20. The van der Waals surface area contributed by atoms with Crippen LogP contribution in [0.25, 0.3) is 0 Å². The molecule has 0 spiro atoms. The molecule has 19 heavy (non-hydrogen) atoms. The van der Waals surface area contributed by atoms with Crippen LogP contribution >= 0.6 is 0 Å². The summed E-state index contributed by atoms with van der Waals surface area (Å²) in [6.07, 6.45) is 5.99. The van der Waals surface area contributed by atoms with Gasteiger partial charge in [-0.05, 0) is 31.4 Å². The molecule has 1 unspecified atom stereocenters. The first-order valence-corrected chi connectivity index (χ1v) is 7.24. The molecule has 1 aliphatic heterocycles. The normalized spacial score (nSPS) is 18.5. The highest BCUT2D eigenvalue weighted by Crippen LogP contribution is 2.13. The van der Waals surface area contributed by atoms with Crippen molar-refractivity contribution in [3.05, 3.63) is 18.5 Å². The lowest BCUT2D eigenvalue weighted by Gasteiger charge is -2.35. The van der Waals surface area contributed by atoms with E-state index in [0.29, 0.717) is 0 Å². The molecule has 1 aromatic rings. The van der Waals surface area contributed by atoms with Crippen molar-refractivity contribution in [1.82, 2.24) is 14.9 Å². The van der Waals surface area contributed by atoms with E-state index in [4.69, 9.17) is 5.73 Å². The molecule has 0 aliphatic carbocycles. The second-order valence-corrected chi connectivity index (χ2v) is 5.37. The average molecular weight is 263 g/mol. The van der Waals surface area contributed by atoms with E-state index < -0.39 is 0 Å². The molecule has 0 aromatic carbocycles. The molecule has 1 atom stereocenters. The van der Waals surface area contributed by atoms with Crippen LogP contribution in [0.5, 0.6) is 0 Å². The fraction of sp³-hybridized carbons (Fsp3) is 0.714. The molecule has 1 aromatic heterocycles. The first-order valence-electron chi connectivity index (χ1n) is 7.24. The number of nitrogens with zero attached hydrogens (tertiary/aromatic N) is 4. The second-order valence-electron chi connectivity index (χ2n) is 5.37. The van der Waals surface area contributed by atoms with Crippen molar-refractivity contribution in [2.24, 2.45) is 11.7 Å². The summed E-state index contributed by atoms with van der Waals surface area (Å²) in [7, 11) is 0. The number of aromatic nitrogens is 2. The van der Waals surface area contributed by atoms with Gasteiger partial charge in [-0.1, -0.05) is 6.92 Å². The Kier molecular flexibility index (Phi) is 5.54. The van der Waals surface area contributed by atoms with Crippen molar-refractivity contribution in [3.63, 3.8) is 0 Å². The van der Waals surface area contributed by atoms with Crippen LogP contribution in [0.2, 0.25) is 0 Å². The number of nitrogens with two attached hydrogens (primary N) is 1. The third kappa shape index (κ3) is 4.44. The largest absolute Gasteiger partial charge is 0.338 e. The van der Waals surface area contributed by atoms with Gasteiger partial charge in [0, 0.05) is 45.1 Å². The Morgan fingerprint density at radius 2 is 1.89 bits per heavy atom. The standard InChI is InChI=1S/C14H25N5/c1-13(4-2-5-15)12-18-8-10-19(11-9-18)14-16-6-3-7-17-14/h3,6-7,13H,2,4-5,8-12,15H2,1H3. The Balaban J connectivity index is 1.73. The van der Waals surface area contributed by atoms with Gasteiger partial charge in [0.25, 0.3) is 0 Å². The van der Waals surface area contributed by atoms with Gasteiger partial charge < -0.3 is 10.6 Å². The number of piperazine rings is 1. The van der Waals surface area contributed by atoms with E-state index in [2.05, 4.69) is 26.7 Å². The van der Waals surface area contributed by atoms with Gasteiger partial charge in [0.2, 0.25) is 5.95 Å². The Labute approximate surface area is 115 Å². The van der Waals surface area contributed by atoms with Crippen LogP contribution in [0, 0.1) is 5.92 Å². The second kappa shape index (κ2) is 7.40. The molecule has 2 heterocycles. The molecule has 2 N–H and O–H groups in total. The molecular formula is C14H25N5. The summed E-state index contributed by atoms with van der Waals surface area (Å²) in [5.41, 5.74) is 5.56. The van der Waals surface area contributed by atoms with E-state index in [0.717, 1.165) is 51.0 Å². The zero-order valence-electron chi connectivity index (χ0n) is 11.8. The molecule has 1 aliphatic rings. The van der Waals surface area contributed by atoms with Crippen molar-refractivity contribution in [1.29, 1.82) is 0 Å². The maximum atomic E-state index is 5.56. The number of hydrogen-bond donors (Lipinski definition) is 1. The molecule has 0 amide bonds. The van der Waals surface area contributed by atoms with Crippen molar-refractivity contribution in [2.45, 2.75) is 19.8 Å². The van der Waals surface area contributed by atoms with Gasteiger partial charge >= 0.3 is 0 Å². The van der Waals surface area contributed by atoms with Gasteiger partial charge in [-0.15, -0.1) is 0 Å². The summed E-state index contributed by atoms with van der Waals surface area (Å²) >= 11 is 0. The minimum absolute atomic E-state index is 0.739. The van der Waals surface area contributed by atoms with E-state index in [1.165, 1.54) is 13.0 Å². The SMILES string of the molecule is CC(CCCN)CN1CCN(c2ncccn2)CC1. The predicted molar refractivity (Wildman–Crippen MR) is 78.1 cm³/mol. The Morgan fingerprint density at radius 1 is 1.21 bits per heavy atom. The Bertz CT molecular complexity index is 348. The maximum Gasteiger partial charge on any atom is 0.225 e. The molecule has 0 saturated carbocycles. The monoisotopic (exact) mass is 263 g/mol. The quantitative estimate of drug-likeness (QED) is 0.829. The number of rotatable bonds is 6. The van der Waals surface area contributed by atoms with E-state index >= 15 is 0 Å². The van der Waals surface area contributed by atoms with Crippen LogP contribution in [-0.4, -0.2) is 54.1 Å². The van der Waals surface area contributed by atoms with Gasteiger partial charge in [0.15, 0.2) is 0 Å². The minimum atomic E-state index is 0.739. The van der Waals surface area contributed by atoms with Gasteiger partial charge in [0.1, 0.15) is 0 Å². The van der Waals surface area contributed by atoms with Gasteiger partial charge in [-0.25, -0.2) is 9.97 Å². The molecular weight excluding hydrogens is 238 g/mol. The Morgan fingerprint density at radius 3 is 2.53 bits per heavy atom. The highest BCUT2D eigenvalue weighted by Gasteiger charge is 2.19. The molecule has 5 heteroatoms. The van der Waals surface area contributed by atoms with Gasteiger partial charge in [-0.3, -0.25) is 4.90 Å². The number of hydrogen-bond acceptors (Lipinski definition) is 5. The van der Waals surface area contributed by atoms with Crippen LogP contribution in [0.15, 0.2) is 18.5 Å². The summed E-state index contributed by atoms with van der Waals surface area (Å²) in [6, 6.07) is 1.86. The van der Waals surface area contributed by atoms with Crippen molar-refractivity contribution in [2.75, 3.05) is 44.2 Å². The smallest absolute Gasteiger partial charge is 0.225 e. The number of anilines is 1. The highest BCUT2D eigenvalue weighted by molar-refractivity contribution is 5.29. The molecule has 1 saturated heterocycles. The molecule has 0 bridgehead atoms. The summed E-state index contributed by atoms with van der Waals surface area (Å²) in [6.45, 7) is 8.56. The summed E-state index contributed by atoms with van der Waals surface area (Å²) in [5.74, 6) is 1.60.